The van der Waals surface area contributed by atoms with Crippen LogP contribution < -0.4 is 0 Å². The molecule has 0 amide bonds. The van der Waals surface area contributed by atoms with Crippen LogP contribution in [0.25, 0.3) is 0 Å². The van der Waals surface area contributed by atoms with Gasteiger partial charge in [0.1, 0.15) is 5.82 Å². The molecule has 2 rings (SSSR count). The molecule has 2 unspecified atom stereocenters. The van der Waals surface area contributed by atoms with Gasteiger partial charge >= 0.3 is 0 Å². The zero-order valence-electron chi connectivity index (χ0n) is 9.27. The van der Waals surface area contributed by atoms with Crippen molar-refractivity contribution in [2.75, 3.05) is 20.1 Å². The van der Waals surface area contributed by atoms with Crippen LogP contribution in [0.15, 0.2) is 22.7 Å². The predicted molar refractivity (Wildman–Crippen MR) is 65.1 cm³/mol. The van der Waals surface area contributed by atoms with Crippen molar-refractivity contribution in [2.24, 2.45) is 0 Å². The van der Waals surface area contributed by atoms with E-state index in [4.69, 9.17) is 0 Å². The van der Waals surface area contributed by atoms with Crippen LogP contribution in [0.5, 0.6) is 0 Å². The fraction of sp³-hybridized carbons (Fsp3) is 0.455. The van der Waals surface area contributed by atoms with Crippen LogP contribution in [-0.4, -0.2) is 36.0 Å². The Labute approximate surface area is 107 Å². The van der Waals surface area contributed by atoms with E-state index in [1.807, 2.05) is 11.9 Å². The summed E-state index contributed by atoms with van der Waals surface area (Å²) in [6.07, 6.45) is 0. The van der Waals surface area contributed by atoms with Crippen molar-refractivity contribution in [3.05, 3.63) is 44.2 Å². The molecule has 0 aliphatic carbocycles. The van der Waals surface area contributed by atoms with Crippen molar-refractivity contribution >= 4 is 15.9 Å². The minimum atomic E-state index is -0.668. The van der Waals surface area contributed by atoms with Gasteiger partial charge in [-0.3, -0.25) is 15.0 Å². The molecule has 4 nitrogen and oxygen atoms in total. The van der Waals surface area contributed by atoms with Crippen LogP contribution in [0.4, 0.5) is 4.39 Å². The zero-order valence-corrected chi connectivity index (χ0v) is 10.9. The molecule has 2 atom stereocenters. The second-order valence-corrected chi connectivity index (χ2v) is 5.20. The summed E-state index contributed by atoms with van der Waals surface area (Å²) in [5.74, 6) is -0.625. The van der Waals surface area contributed by atoms with E-state index in [1.165, 1.54) is 12.1 Å². The minimum absolute atomic E-state index is 0.264. The summed E-state index contributed by atoms with van der Waals surface area (Å²) in [6.45, 7) is 0.980. The maximum atomic E-state index is 13.2. The minimum Gasteiger partial charge on any atom is -0.299 e. The van der Waals surface area contributed by atoms with Crippen molar-refractivity contribution in [1.82, 2.24) is 4.90 Å². The Kier molecular flexibility index (Phi) is 3.44. The van der Waals surface area contributed by atoms with Crippen LogP contribution in [0.1, 0.15) is 11.5 Å². The van der Waals surface area contributed by atoms with E-state index < -0.39 is 6.04 Å². The summed E-state index contributed by atoms with van der Waals surface area (Å²) in [5, 5.41) is 11.0. The number of halogens is 2. The number of nitro groups is 1. The molecule has 1 aromatic carbocycles. The normalized spacial score (nSPS) is 25.1. The average Bonchev–Trinajstić information content (AvgIpc) is 2.64. The highest BCUT2D eigenvalue weighted by Crippen LogP contribution is 2.33. The van der Waals surface area contributed by atoms with Crippen molar-refractivity contribution in [3.8, 4) is 0 Å². The highest BCUT2D eigenvalue weighted by atomic mass is 79.9. The topological polar surface area (TPSA) is 46.4 Å². The molecule has 17 heavy (non-hydrogen) atoms. The summed E-state index contributed by atoms with van der Waals surface area (Å²) in [4.78, 5) is 12.6. The first kappa shape index (κ1) is 12.4. The lowest BCUT2D eigenvalue weighted by Gasteiger charge is -2.14. The van der Waals surface area contributed by atoms with E-state index in [0.29, 0.717) is 18.7 Å². The number of likely N-dealkylation sites (N-methyl/N-ethyl adjacent to an activating group) is 1. The van der Waals surface area contributed by atoms with Gasteiger partial charge in [-0.2, -0.15) is 0 Å². The monoisotopic (exact) mass is 302 g/mol. The molecule has 0 radical (unpaired) electrons. The zero-order chi connectivity index (χ0) is 12.6. The first-order valence-corrected chi connectivity index (χ1v) is 6.05. The van der Waals surface area contributed by atoms with E-state index in [2.05, 4.69) is 15.9 Å². The lowest BCUT2D eigenvalue weighted by molar-refractivity contribution is -0.521. The lowest BCUT2D eigenvalue weighted by atomic mass is 9.95. The van der Waals surface area contributed by atoms with Gasteiger partial charge in [0.25, 0.3) is 0 Å². The molecule has 1 aliphatic heterocycles. The molecule has 0 aromatic heterocycles. The molecule has 1 saturated heterocycles. The van der Waals surface area contributed by atoms with Gasteiger partial charge < -0.3 is 0 Å². The third-order valence-electron chi connectivity index (χ3n) is 3.10. The Morgan fingerprint density at radius 3 is 2.88 bits per heavy atom. The molecule has 0 saturated carbocycles. The first-order chi connectivity index (χ1) is 7.99. The quantitative estimate of drug-likeness (QED) is 0.622. The third-order valence-corrected chi connectivity index (χ3v) is 3.82. The van der Waals surface area contributed by atoms with Crippen LogP contribution in [0.3, 0.4) is 0 Å². The van der Waals surface area contributed by atoms with Gasteiger partial charge in [0.2, 0.25) is 6.04 Å². The summed E-state index contributed by atoms with van der Waals surface area (Å²) in [5.41, 5.74) is 0.677. The number of rotatable bonds is 2. The van der Waals surface area contributed by atoms with E-state index >= 15 is 0 Å². The van der Waals surface area contributed by atoms with Gasteiger partial charge in [-0.1, -0.05) is 15.9 Å². The number of benzene rings is 1. The van der Waals surface area contributed by atoms with Crippen LogP contribution in [-0.2, 0) is 0 Å². The van der Waals surface area contributed by atoms with Crippen LogP contribution in [0, 0.1) is 15.9 Å². The molecule has 6 heteroatoms. The summed E-state index contributed by atoms with van der Waals surface area (Å²) in [7, 11) is 1.84. The summed E-state index contributed by atoms with van der Waals surface area (Å²) < 4.78 is 13.9. The highest BCUT2D eigenvalue weighted by Gasteiger charge is 2.41. The van der Waals surface area contributed by atoms with Crippen LogP contribution >= 0.6 is 15.9 Å². The summed E-state index contributed by atoms with van der Waals surface area (Å²) in [6, 6.07) is 3.65. The Bertz CT molecular complexity index is 455. The molecule has 1 fully saturated rings. The maximum absolute atomic E-state index is 13.2. The van der Waals surface area contributed by atoms with E-state index in [0.717, 1.165) is 4.47 Å². The number of hydrogen-bond acceptors (Lipinski definition) is 3. The van der Waals surface area contributed by atoms with Gasteiger partial charge in [0.15, 0.2) is 0 Å². The van der Waals surface area contributed by atoms with Crippen LogP contribution in [0.2, 0.25) is 0 Å². The standard InChI is InChI=1S/C11H12BrFN2O2/c1-14-5-9(11(6-14)15(16)17)8-4-7(13)2-3-10(8)12/h2-4,9,11H,5-6H2,1H3. The Morgan fingerprint density at radius 2 is 2.24 bits per heavy atom. The second kappa shape index (κ2) is 4.70. The largest absolute Gasteiger partial charge is 0.299 e. The van der Waals surface area contributed by atoms with E-state index in [-0.39, 0.29) is 16.7 Å². The Balaban J connectivity index is 2.37. The van der Waals surface area contributed by atoms with Gasteiger partial charge in [-0.25, -0.2) is 4.39 Å². The first-order valence-electron chi connectivity index (χ1n) is 5.26. The van der Waals surface area contributed by atoms with Crippen molar-refractivity contribution < 1.29 is 9.31 Å². The smallest absolute Gasteiger partial charge is 0.233 e. The lowest BCUT2D eigenvalue weighted by Crippen LogP contribution is -2.27. The number of hydrogen-bond donors (Lipinski definition) is 0. The average molecular weight is 303 g/mol. The molecule has 1 aliphatic rings. The predicted octanol–water partition coefficient (Wildman–Crippen LogP) is 2.26. The number of likely N-dealkylation sites (tertiary alicyclic amines) is 1. The summed E-state index contributed by atoms with van der Waals surface area (Å²) >= 11 is 3.33. The molecule has 92 valence electrons. The molecular formula is C11H12BrFN2O2. The van der Waals surface area contributed by atoms with Gasteiger partial charge in [-0.05, 0) is 30.8 Å². The molecule has 1 heterocycles. The van der Waals surface area contributed by atoms with Crippen molar-refractivity contribution in [2.45, 2.75) is 12.0 Å². The molecule has 0 bridgehead atoms. The van der Waals surface area contributed by atoms with Gasteiger partial charge in [0, 0.05) is 15.9 Å². The van der Waals surface area contributed by atoms with Gasteiger partial charge in [-0.15, -0.1) is 0 Å². The van der Waals surface area contributed by atoms with E-state index in [9.17, 15) is 14.5 Å². The Hall–Kier alpha value is -1.01. The molecule has 1 aromatic rings. The van der Waals surface area contributed by atoms with Crippen molar-refractivity contribution in [3.63, 3.8) is 0 Å². The Morgan fingerprint density at radius 1 is 1.53 bits per heavy atom. The molecular weight excluding hydrogens is 291 g/mol. The van der Waals surface area contributed by atoms with Crippen molar-refractivity contribution in [1.29, 1.82) is 0 Å². The number of nitrogens with zero attached hydrogens (tertiary/aromatic N) is 2. The SMILES string of the molecule is CN1CC(c2cc(F)ccc2Br)C([N+](=O)[O-])C1. The van der Waals surface area contributed by atoms with Gasteiger partial charge in [0.05, 0.1) is 12.5 Å². The highest BCUT2D eigenvalue weighted by molar-refractivity contribution is 9.10. The third kappa shape index (κ3) is 2.47. The fourth-order valence-corrected chi connectivity index (χ4v) is 2.84. The maximum Gasteiger partial charge on any atom is 0.233 e. The van der Waals surface area contributed by atoms with E-state index in [1.54, 1.807) is 6.07 Å². The molecule has 0 spiro atoms. The molecule has 0 N–H and O–H groups in total. The fourth-order valence-electron chi connectivity index (χ4n) is 2.30. The second-order valence-electron chi connectivity index (χ2n) is 4.35.